The molecule has 0 aromatic heterocycles. The van der Waals surface area contributed by atoms with Crippen LogP contribution in [-0.2, 0) is 12.8 Å². The van der Waals surface area contributed by atoms with E-state index in [1.54, 1.807) is 0 Å². The molecule has 118 valence electrons. The quantitative estimate of drug-likeness (QED) is 0.743. The van der Waals surface area contributed by atoms with Gasteiger partial charge in [-0.15, -0.1) is 0 Å². The highest BCUT2D eigenvalue weighted by Crippen LogP contribution is 2.18. The van der Waals surface area contributed by atoms with Crippen LogP contribution in [0.3, 0.4) is 0 Å². The van der Waals surface area contributed by atoms with Crippen molar-refractivity contribution in [3.05, 3.63) is 70.2 Å². The second-order valence-electron chi connectivity index (χ2n) is 7.02. The first-order chi connectivity index (χ1) is 10.4. The zero-order chi connectivity index (χ0) is 16.0. The lowest BCUT2D eigenvalue weighted by molar-refractivity contribution is 0.367. The fourth-order valence-corrected chi connectivity index (χ4v) is 2.83. The molecule has 2 aromatic carbocycles. The monoisotopic (exact) mass is 359 g/mol. The van der Waals surface area contributed by atoms with E-state index in [2.05, 4.69) is 96.6 Å². The van der Waals surface area contributed by atoms with E-state index >= 15 is 0 Å². The van der Waals surface area contributed by atoms with Crippen LogP contribution in [0, 0.1) is 5.92 Å². The van der Waals surface area contributed by atoms with E-state index in [0.29, 0.717) is 5.92 Å². The van der Waals surface area contributed by atoms with Crippen LogP contribution in [0.4, 0.5) is 0 Å². The Morgan fingerprint density at radius 3 is 1.95 bits per heavy atom. The molecule has 1 N–H and O–H groups in total. The first-order valence-electron chi connectivity index (χ1n) is 7.96. The van der Waals surface area contributed by atoms with Gasteiger partial charge in [-0.2, -0.15) is 0 Å². The molecule has 1 atom stereocenters. The third-order valence-electron chi connectivity index (χ3n) is 3.73. The number of rotatable bonds is 6. The average molecular weight is 360 g/mol. The summed E-state index contributed by atoms with van der Waals surface area (Å²) in [5.74, 6) is 0.600. The molecule has 0 saturated carbocycles. The van der Waals surface area contributed by atoms with Crippen LogP contribution in [0.25, 0.3) is 0 Å². The molecular weight excluding hydrogens is 334 g/mol. The van der Waals surface area contributed by atoms with Gasteiger partial charge >= 0.3 is 0 Å². The Morgan fingerprint density at radius 2 is 1.41 bits per heavy atom. The molecule has 0 aliphatic heterocycles. The van der Waals surface area contributed by atoms with Crippen molar-refractivity contribution in [3.63, 3.8) is 0 Å². The number of hydrogen-bond acceptors (Lipinski definition) is 1. The van der Waals surface area contributed by atoms with Crippen molar-refractivity contribution in [2.24, 2.45) is 5.92 Å². The summed E-state index contributed by atoms with van der Waals surface area (Å²) in [6, 6.07) is 19.5. The molecule has 0 heterocycles. The van der Waals surface area contributed by atoms with Crippen molar-refractivity contribution >= 4 is 15.9 Å². The minimum Gasteiger partial charge on any atom is -0.312 e. The van der Waals surface area contributed by atoms with E-state index in [9.17, 15) is 0 Å². The normalized spacial score (nSPS) is 13.1. The van der Waals surface area contributed by atoms with Gasteiger partial charge in [0.25, 0.3) is 0 Å². The number of nitrogens with one attached hydrogen (secondary N) is 1. The number of halogens is 1. The molecule has 0 aliphatic carbocycles. The topological polar surface area (TPSA) is 12.0 Å². The molecular formula is C20H26BrN. The molecule has 0 aliphatic rings. The lowest BCUT2D eigenvalue weighted by Gasteiger charge is -2.25. The van der Waals surface area contributed by atoms with Gasteiger partial charge in [0.15, 0.2) is 0 Å². The van der Waals surface area contributed by atoms with Crippen LogP contribution in [0.2, 0.25) is 0 Å². The zero-order valence-corrected chi connectivity index (χ0v) is 15.4. The number of hydrogen-bond donors (Lipinski definition) is 1. The molecule has 0 spiro atoms. The first kappa shape index (κ1) is 17.2. The molecule has 0 fully saturated rings. The minimum atomic E-state index is 0.161. The van der Waals surface area contributed by atoms with E-state index in [1.165, 1.54) is 11.1 Å². The highest BCUT2D eigenvalue weighted by atomic mass is 79.9. The van der Waals surface area contributed by atoms with Crippen LogP contribution in [0.15, 0.2) is 59.1 Å². The van der Waals surface area contributed by atoms with E-state index in [1.807, 2.05) is 0 Å². The third kappa shape index (κ3) is 6.33. The fraction of sp³-hybridized carbons (Fsp3) is 0.400. The Morgan fingerprint density at radius 1 is 0.864 bits per heavy atom. The van der Waals surface area contributed by atoms with Crippen molar-refractivity contribution < 1.29 is 0 Å². The highest BCUT2D eigenvalue weighted by Gasteiger charge is 2.15. The van der Waals surface area contributed by atoms with E-state index in [-0.39, 0.29) is 5.54 Å². The summed E-state index contributed by atoms with van der Waals surface area (Å²) in [6.45, 7) is 7.72. The van der Waals surface area contributed by atoms with Crippen molar-refractivity contribution in [1.82, 2.24) is 5.32 Å². The summed E-state index contributed by atoms with van der Waals surface area (Å²) in [5, 5.41) is 3.66. The zero-order valence-electron chi connectivity index (χ0n) is 13.8. The van der Waals surface area contributed by atoms with E-state index in [0.717, 1.165) is 23.9 Å². The lowest BCUT2D eigenvalue weighted by atomic mass is 9.91. The Hall–Kier alpha value is -1.12. The van der Waals surface area contributed by atoms with Crippen LogP contribution < -0.4 is 5.32 Å². The van der Waals surface area contributed by atoms with Crippen molar-refractivity contribution in [3.8, 4) is 0 Å². The fourth-order valence-electron chi connectivity index (χ4n) is 2.57. The maximum Gasteiger partial charge on any atom is 0.0175 e. The molecule has 2 aromatic rings. The molecule has 2 heteroatoms. The number of benzene rings is 2. The largest absolute Gasteiger partial charge is 0.312 e. The molecule has 22 heavy (non-hydrogen) atoms. The van der Waals surface area contributed by atoms with Crippen LogP contribution >= 0.6 is 15.9 Å². The Balaban J connectivity index is 2.05. The van der Waals surface area contributed by atoms with Gasteiger partial charge in [0, 0.05) is 10.0 Å². The summed E-state index contributed by atoms with van der Waals surface area (Å²) in [5.41, 5.74) is 2.98. The Bertz CT molecular complexity index is 555. The van der Waals surface area contributed by atoms with Crippen LogP contribution in [0.1, 0.15) is 31.9 Å². The summed E-state index contributed by atoms with van der Waals surface area (Å²) in [6.07, 6.45) is 2.21. The molecule has 0 saturated heterocycles. The summed E-state index contributed by atoms with van der Waals surface area (Å²) in [4.78, 5) is 0. The molecule has 0 amide bonds. The van der Waals surface area contributed by atoms with E-state index < -0.39 is 0 Å². The molecule has 0 bridgehead atoms. The van der Waals surface area contributed by atoms with Gasteiger partial charge in [-0.1, -0.05) is 58.4 Å². The van der Waals surface area contributed by atoms with Gasteiger partial charge in [-0.25, -0.2) is 0 Å². The van der Waals surface area contributed by atoms with Crippen molar-refractivity contribution in [2.45, 2.75) is 39.2 Å². The van der Waals surface area contributed by atoms with Crippen LogP contribution in [-0.4, -0.2) is 12.1 Å². The minimum absolute atomic E-state index is 0.161. The predicted molar refractivity (Wildman–Crippen MR) is 99.2 cm³/mol. The van der Waals surface area contributed by atoms with Gasteiger partial charge in [0.05, 0.1) is 0 Å². The summed E-state index contributed by atoms with van der Waals surface area (Å²) < 4.78 is 1.14. The molecule has 2 rings (SSSR count). The highest BCUT2D eigenvalue weighted by molar-refractivity contribution is 9.10. The van der Waals surface area contributed by atoms with Gasteiger partial charge in [-0.05, 0) is 69.3 Å². The maximum atomic E-state index is 3.66. The lowest BCUT2D eigenvalue weighted by Crippen LogP contribution is -2.40. The average Bonchev–Trinajstić information content (AvgIpc) is 2.47. The first-order valence-corrected chi connectivity index (χ1v) is 8.75. The standard InChI is InChI=1S/C20H26BrN/c1-20(2,3)22-15-18(13-16-7-5-4-6-8-16)14-17-9-11-19(21)12-10-17/h4-12,18,22H,13-15H2,1-3H3. The molecule has 1 unspecified atom stereocenters. The van der Waals surface area contributed by atoms with E-state index in [4.69, 9.17) is 0 Å². The Kier molecular flexibility index (Phi) is 6.22. The van der Waals surface area contributed by atoms with Gasteiger partial charge in [0.2, 0.25) is 0 Å². The third-order valence-corrected chi connectivity index (χ3v) is 4.25. The summed E-state index contributed by atoms with van der Waals surface area (Å²) >= 11 is 3.51. The SMILES string of the molecule is CC(C)(C)NCC(Cc1ccccc1)Cc1ccc(Br)cc1. The van der Waals surface area contributed by atoms with Crippen LogP contribution in [0.5, 0.6) is 0 Å². The molecule has 0 radical (unpaired) electrons. The second-order valence-corrected chi connectivity index (χ2v) is 7.93. The predicted octanol–water partition coefficient (Wildman–Crippen LogP) is 5.24. The van der Waals surface area contributed by atoms with Crippen molar-refractivity contribution in [1.29, 1.82) is 0 Å². The molecule has 1 nitrogen and oxygen atoms in total. The van der Waals surface area contributed by atoms with Crippen molar-refractivity contribution in [2.75, 3.05) is 6.54 Å². The van der Waals surface area contributed by atoms with Gasteiger partial charge < -0.3 is 5.32 Å². The summed E-state index contributed by atoms with van der Waals surface area (Å²) in [7, 11) is 0. The maximum absolute atomic E-state index is 3.66. The van der Waals surface area contributed by atoms with Gasteiger partial charge in [-0.3, -0.25) is 0 Å². The van der Waals surface area contributed by atoms with Gasteiger partial charge in [0.1, 0.15) is 0 Å². The second kappa shape index (κ2) is 7.94. The Labute approximate surface area is 143 Å². The smallest absolute Gasteiger partial charge is 0.0175 e.